The van der Waals surface area contributed by atoms with Gasteiger partial charge in [0.05, 0.1) is 5.36 Å². The molecule has 1 heterocycles. The zero-order valence-corrected chi connectivity index (χ0v) is 7.73. The Balaban J connectivity index is 2.13. The van der Waals surface area contributed by atoms with Gasteiger partial charge in [-0.15, -0.1) is 0 Å². The molecule has 1 atom stereocenters. The van der Waals surface area contributed by atoms with Crippen LogP contribution in [0.4, 0.5) is 4.39 Å². The minimum atomic E-state index is -1.18. The van der Waals surface area contributed by atoms with Crippen LogP contribution < -0.4 is 10.6 Å². The number of para-hydroxylation sites is 1. The molecule has 2 nitrogen and oxygen atoms in total. The maximum atomic E-state index is 13.5. The molecule has 1 unspecified atom stereocenters. The molecule has 3 rings (SSSR count). The first-order valence-corrected chi connectivity index (χ1v) is 4.91. The van der Waals surface area contributed by atoms with Crippen molar-refractivity contribution in [3.63, 3.8) is 0 Å². The predicted octanol–water partition coefficient (Wildman–Crippen LogP) is 0.775. The first kappa shape index (κ1) is 7.97. The minimum Gasteiger partial charge on any atom is -0.327 e. The van der Waals surface area contributed by atoms with Gasteiger partial charge in [-0.3, -0.25) is 0 Å². The van der Waals surface area contributed by atoms with Gasteiger partial charge in [-0.25, -0.2) is 4.99 Å². The maximum Gasteiger partial charge on any atom is 0.267 e. The standard InChI is InChI=1S/C11H11FN2/c12-11-13-10-4-2-1-3-8(10)7-14(11)9-5-6-9/h1-4,7,9,11H,5-6H2. The third-order valence-electron chi connectivity index (χ3n) is 2.69. The average Bonchev–Trinajstić information content (AvgIpc) is 3.00. The van der Waals surface area contributed by atoms with E-state index >= 15 is 0 Å². The summed E-state index contributed by atoms with van der Waals surface area (Å²) in [5.74, 6) is 0. The van der Waals surface area contributed by atoms with Gasteiger partial charge in [0.25, 0.3) is 6.42 Å². The van der Waals surface area contributed by atoms with Crippen LogP contribution in [0.25, 0.3) is 6.20 Å². The lowest BCUT2D eigenvalue weighted by molar-refractivity contribution is 0.143. The molecule has 0 radical (unpaired) electrons. The Bertz CT molecular complexity index is 464. The van der Waals surface area contributed by atoms with Crippen LogP contribution in [-0.4, -0.2) is 17.4 Å². The molecule has 0 amide bonds. The van der Waals surface area contributed by atoms with Gasteiger partial charge in [0, 0.05) is 17.5 Å². The quantitative estimate of drug-likeness (QED) is 0.597. The molecule has 2 aliphatic rings. The lowest BCUT2D eigenvalue weighted by atomic mass is 10.2. The van der Waals surface area contributed by atoms with Crippen LogP contribution in [0, 0.1) is 0 Å². The predicted molar refractivity (Wildman–Crippen MR) is 51.4 cm³/mol. The molecular formula is C11H11FN2. The van der Waals surface area contributed by atoms with Crippen molar-refractivity contribution in [2.75, 3.05) is 0 Å². The van der Waals surface area contributed by atoms with Crippen molar-refractivity contribution in [2.45, 2.75) is 25.3 Å². The van der Waals surface area contributed by atoms with Crippen molar-refractivity contribution < 1.29 is 4.39 Å². The first-order valence-electron chi connectivity index (χ1n) is 4.91. The van der Waals surface area contributed by atoms with E-state index in [-0.39, 0.29) is 0 Å². The van der Waals surface area contributed by atoms with Crippen LogP contribution in [0.15, 0.2) is 29.3 Å². The Morgan fingerprint density at radius 1 is 1.29 bits per heavy atom. The smallest absolute Gasteiger partial charge is 0.267 e. The molecule has 1 aromatic rings. The van der Waals surface area contributed by atoms with E-state index in [4.69, 9.17) is 0 Å². The topological polar surface area (TPSA) is 15.6 Å². The molecule has 3 heteroatoms. The molecule has 1 aromatic carbocycles. The Kier molecular flexibility index (Phi) is 1.60. The van der Waals surface area contributed by atoms with E-state index in [1.807, 2.05) is 30.5 Å². The maximum absolute atomic E-state index is 13.5. The molecular weight excluding hydrogens is 179 g/mol. The van der Waals surface area contributed by atoms with Crippen molar-refractivity contribution in [1.29, 1.82) is 0 Å². The number of nitrogens with zero attached hydrogens (tertiary/aromatic N) is 2. The summed E-state index contributed by atoms with van der Waals surface area (Å²) in [6.45, 7) is 0. The SMILES string of the molecule is FC1N=c2ccccc2=CN1C1CC1. The first-order chi connectivity index (χ1) is 6.84. The molecule has 0 aromatic heterocycles. The summed E-state index contributed by atoms with van der Waals surface area (Å²) in [4.78, 5) is 5.74. The summed E-state index contributed by atoms with van der Waals surface area (Å²) in [5, 5.41) is 1.78. The molecule has 0 N–H and O–H groups in total. The fourth-order valence-corrected chi connectivity index (χ4v) is 1.77. The van der Waals surface area contributed by atoms with Gasteiger partial charge in [-0.05, 0) is 18.9 Å². The summed E-state index contributed by atoms with van der Waals surface area (Å²) >= 11 is 0. The van der Waals surface area contributed by atoms with Crippen LogP contribution in [-0.2, 0) is 0 Å². The second-order valence-corrected chi connectivity index (χ2v) is 3.81. The molecule has 1 aliphatic carbocycles. The third-order valence-corrected chi connectivity index (χ3v) is 2.69. The lowest BCUT2D eigenvalue weighted by Crippen LogP contribution is -2.40. The molecule has 1 fully saturated rings. The van der Waals surface area contributed by atoms with Crippen molar-refractivity contribution in [1.82, 2.24) is 4.90 Å². The Labute approximate surface area is 81.4 Å². The average molecular weight is 190 g/mol. The number of hydrogen-bond acceptors (Lipinski definition) is 2. The van der Waals surface area contributed by atoms with Crippen LogP contribution in [0.1, 0.15) is 12.8 Å². The second-order valence-electron chi connectivity index (χ2n) is 3.81. The molecule has 0 bridgehead atoms. The van der Waals surface area contributed by atoms with Gasteiger partial charge >= 0.3 is 0 Å². The summed E-state index contributed by atoms with van der Waals surface area (Å²) < 4.78 is 13.5. The van der Waals surface area contributed by atoms with E-state index in [2.05, 4.69) is 4.99 Å². The summed E-state index contributed by atoms with van der Waals surface area (Å²) in [6.07, 6.45) is 2.89. The monoisotopic (exact) mass is 190 g/mol. The Morgan fingerprint density at radius 2 is 2.07 bits per heavy atom. The van der Waals surface area contributed by atoms with Crippen molar-refractivity contribution in [3.05, 3.63) is 34.8 Å². The van der Waals surface area contributed by atoms with E-state index in [0.29, 0.717) is 6.04 Å². The Hall–Kier alpha value is -1.38. The number of rotatable bonds is 1. The van der Waals surface area contributed by atoms with Crippen LogP contribution in [0.3, 0.4) is 0 Å². The second kappa shape index (κ2) is 2.80. The highest BCUT2D eigenvalue weighted by Gasteiger charge is 2.32. The van der Waals surface area contributed by atoms with E-state index in [9.17, 15) is 4.39 Å². The highest BCUT2D eigenvalue weighted by molar-refractivity contribution is 5.26. The van der Waals surface area contributed by atoms with E-state index in [0.717, 1.165) is 23.4 Å². The van der Waals surface area contributed by atoms with E-state index in [1.54, 1.807) is 4.90 Å². The zero-order valence-electron chi connectivity index (χ0n) is 7.73. The minimum absolute atomic E-state index is 0.377. The van der Waals surface area contributed by atoms with Gasteiger partial charge in [0.2, 0.25) is 0 Å². The van der Waals surface area contributed by atoms with E-state index in [1.165, 1.54) is 0 Å². The molecule has 14 heavy (non-hydrogen) atoms. The van der Waals surface area contributed by atoms with Gasteiger partial charge in [-0.1, -0.05) is 18.2 Å². The third kappa shape index (κ3) is 1.20. The largest absolute Gasteiger partial charge is 0.327 e. The van der Waals surface area contributed by atoms with Crippen LogP contribution >= 0.6 is 0 Å². The van der Waals surface area contributed by atoms with Crippen LogP contribution in [0.5, 0.6) is 0 Å². The van der Waals surface area contributed by atoms with Gasteiger partial charge in [0.15, 0.2) is 0 Å². The fourth-order valence-electron chi connectivity index (χ4n) is 1.77. The number of halogens is 1. The highest BCUT2D eigenvalue weighted by Crippen LogP contribution is 2.29. The number of hydrogen-bond donors (Lipinski definition) is 0. The van der Waals surface area contributed by atoms with Gasteiger partial charge in [-0.2, -0.15) is 4.39 Å². The molecule has 1 saturated carbocycles. The number of benzene rings is 1. The molecule has 0 spiro atoms. The molecule has 1 aliphatic heterocycles. The number of fused-ring (bicyclic) bond motifs is 1. The molecule has 72 valence electrons. The normalized spacial score (nSPS) is 24.9. The molecule has 0 saturated heterocycles. The summed E-state index contributed by atoms with van der Waals surface area (Å²) in [5.41, 5.74) is 0. The lowest BCUT2D eigenvalue weighted by Gasteiger charge is -2.23. The zero-order chi connectivity index (χ0) is 9.54. The summed E-state index contributed by atoms with van der Waals surface area (Å²) in [7, 11) is 0. The van der Waals surface area contributed by atoms with Crippen molar-refractivity contribution in [3.8, 4) is 0 Å². The van der Waals surface area contributed by atoms with E-state index < -0.39 is 6.42 Å². The highest BCUT2D eigenvalue weighted by atomic mass is 19.1. The fraction of sp³-hybridized carbons (Fsp3) is 0.364. The summed E-state index contributed by atoms with van der Waals surface area (Å²) in [6, 6.07) is 8.04. The van der Waals surface area contributed by atoms with Crippen molar-refractivity contribution in [2.24, 2.45) is 4.99 Å². The number of alkyl halides is 1. The Morgan fingerprint density at radius 3 is 2.86 bits per heavy atom. The van der Waals surface area contributed by atoms with Gasteiger partial charge in [0.1, 0.15) is 0 Å². The van der Waals surface area contributed by atoms with Crippen molar-refractivity contribution >= 4 is 6.20 Å². The van der Waals surface area contributed by atoms with Crippen LogP contribution in [0.2, 0.25) is 0 Å². The van der Waals surface area contributed by atoms with Gasteiger partial charge < -0.3 is 4.90 Å².